The van der Waals surface area contributed by atoms with E-state index in [1.165, 1.54) is 5.56 Å². The molecule has 0 saturated carbocycles. The van der Waals surface area contributed by atoms with Crippen LogP contribution in [0.5, 0.6) is 0 Å². The molecule has 1 amide bonds. The molecular formula is C76H16N4O. The van der Waals surface area contributed by atoms with Crippen molar-refractivity contribution in [2.24, 2.45) is 5.10 Å². The average Bonchev–Trinajstić information content (AvgIpc) is 1.40. The third kappa shape index (κ3) is 1.92. The van der Waals surface area contributed by atoms with Crippen molar-refractivity contribution in [3.63, 3.8) is 0 Å². The molecule has 1 unspecified atom stereocenters. The lowest BCUT2D eigenvalue weighted by atomic mass is 9.47. The van der Waals surface area contributed by atoms with Gasteiger partial charge in [0.25, 0.3) is 5.91 Å². The van der Waals surface area contributed by atoms with Crippen molar-refractivity contribution in [2.75, 3.05) is 13.6 Å². The number of nitrogens with zero attached hydrogens (tertiary/aromatic N) is 3. The molecule has 29 aromatic carbocycles. The number of carbonyl (C=O) groups is 1. The fraction of sp³-hybridized carbons (Fsp3) is 0.0658. The Balaban J connectivity index is 0.927. The van der Waals surface area contributed by atoms with Gasteiger partial charge in [-0.3, -0.25) is 14.7 Å². The summed E-state index contributed by atoms with van der Waals surface area (Å²) < 4.78 is 0. The van der Waals surface area contributed by atoms with Crippen LogP contribution in [0.15, 0.2) is 53.9 Å². The summed E-state index contributed by atoms with van der Waals surface area (Å²) >= 11 is 0. The number of carbonyl (C=O) groups excluding carboxylic acids is 1. The third-order valence-electron chi connectivity index (χ3n) is 27.5. The molecule has 1 atom stereocenters. The fourth-order valence-corrected chi connectivity index (χ4v) is 27.1. The smallest absolute Gasteiger partial charge is 0.271 e. The van der Waals surface area contributed by atoms with Crippen LogP contribution in [0.4, 0.5) is 0 Å². The minimum Gasteiger partial charge on any atom is -0.297 e. The number of pyridine rings is 1. The van der Waals surface area contributed by atoms with Gasteiger partial charge in [0.15, 0.2) is 0 Å². The van der Waals surface area contributed by atoms with E-state index in [0.29, 0.717) is 5.56 Å². The molecule has 5 nitrogen and oxygen atoms in total. The van der Waals surface area contributed by atoms with Crippen molar-refractivity contribution in [1.29, 1.82) is 0 Å². The van der Waals surface area contributed by atoms with Crippen molar-refractivity contribution in [3.8, 4) is 0 Å². The SMILES string of the molecule is CN1CC23c4c5c6c7c8c9c(c%10c%11c2c2c4c4c%12c5c5c6c6c8c8c%13c9c9c%10c%10c%11c%11c2c2c4c4c%12c%12c5c5c6c8c6c8c%13c9c9c%10c%10c%11c2c2c4c4c%12c5c6c5c8c9c%10c2c45)C73C1c1ccc(/C=N/NC(=O)c2ccncc2)cc1. The van der Waals surface area contributed by atoms with Gasteiger partial charge in [0.05, 0.1) is 17.0 Å². The Bertz CT molecular complexity index is 7850. The van der Waals surface area contributed by atoms with E-state index in [-0.39, 0.29) is 17.4 Å². The van der Waals surface area contributed by atoms with Crippen molar-refractivity contribution >= 4 is 303 Å². The van der Waals surface area contributed by atoms with Crippen LogP contribution in [0.25, 0.3) is 291 Å². The molecule has 2 spiro atoms. The largest absolute Gasteiger partial charge is 0.297 e. The van der Waals surface area contributed by atoms with Gasteiger partial charge in [0.1, 0.15) is 0 Å². The second-order valence-electron chi connectivity index (χ2n) is 28.4. The first kappa shape index (κ1) is 32.1. The number of hydrogen-bond donors (Lipinski definition) is 1. The summed E-state index contributed by atoms with van der Waals surface area (Å²) in [6.07, 6.45) is 5.11. The van der Waals surface area contributed by atoms with Crippen LogP contribution in [-0.2, 0) is 10.8 Å². The molecule has 1 fully saturated rings. The number of hydrogen-bond acceptors (Lipinski definition) is 4. The molecular weight excluding hydrogens is 985 g/mol. The lowest BCUT2D eigenvalue weighted by Gasteiger charge is -2.52. The van der Waals surface area contributed by atoms with Gasteiger partial charge in [-0.05, 0) is 343 Å². The van der Waals surface area contributed by atoms with E-state index in [9.17, 15) is 4.79 Å². The van der Waals surface area contributed by atoms with Crippen LogP contribution in [0.2, 0.25) is 0 Å². The second-order valence-corrected chi connectivity index (χ2v) is 28.4. The summed E-state index contributed by atoms with van der Waals surface area (Å²) in [6.45, 7) is 0.970. The number of likely N-dealkylation sites (tertiary alicyclic amines) is 1. The minimum absolute atomic E-state index is 0.0469. The van der Waals surface area contributed by atoms with Crippen molar-refractivity contribution in [1.82, 2.24) is 15.3 Å². The van der Waals surface area contributed by atoms with Gasteiger partial charge in [-0.2, -0.15) is 5.10 Å². The summed E-state index contributed by atoms with van der Waals surface area (Å²) in [5.41, 5.74) is 11.8. The molecule has 0 radical (unpaired) electrons. The lowest BCUT2D eigenvalue weighted by Crippen LogP contribution is -2.51. The van der Waals surface area contributed by atoms with Crippen molar-refractivity contribution < 1.29 is 4.79 Å². The van der Waals surface area contributed by atoms with E-state index in [1.807, 2.05) is 6.21 Å². The molecule has 1 N–H and O–H groups in total. The Morgan fingerprint density at radius 2 is 0.654 bits per heavy atom. The van der Waals surface area contributed by atoms with Gasteiger partial charge in [0, 0.05) is 30.5 Å². The Labute approximate surface area is 443 Å². The van der Waals surface area contributed by atoms with Crippen LogP contribution in [-0.4, -0.2) is 35.6 Å². The zero-order chi connectivity index (χ0) is 49.1. The molecule has 5 aliphatic rings. The van der Waals surface area contributed by atoms with Crippen LogP contribution in [0.1, 0.15) is 49.8 Å². The third-order valence-corrected chi connectivity index (χ3v) is 27.5. The maximum Gasteiger partial charge on any atom is 0.271 e. The maximum atomic E-state index is 13.1. The second kappa shape index (κ2) is 7.76. The van der Waals surface area contributed by atoms with Crippen LogP contribution >= 0.6 is 0 Å². The molecule has 35 rings (SSSR count). The lowest BCUT2D eigenvalue weighted by molar-refractivity contribution is 0.0955. The molecule has 2 heterocycles. The van der Waals surface area contributed by atoms with Gasteiger partial charge in [0.2, 0.25) is 0 Å². The monoisotopic (exact) mass is 1000 g/mol. The number of aromatic nitrogens is 1. The average molecular weight is 1000 g/mol. The zero-order valence-corrected chi connectivity index (χ0v) is 41.7. The number of hydrazone groups is 1. The molecule has 30 aromatic rings. The number of benzene rings is 19. The first-order valence-corrected chi connectivity index (χ1v) is 29.5. The minimum atomic E-state index is -0.415. The molecule has 1 aliphatic heterocycles. The summed E-state index contributed by atoms with van der Waals surface area (Å²) in [6, 6.07) is 13.0. The number of amides is 1. The van der Waals surface area contributed by atoms with E-state index in [4.69, 9.17) is 0 Å². The highest BCUT2D eigenvalue weighted by molar-refractivity contribution is 6.82. The standard InChI is InChI=1S/C76H16N4O/c1-80-11-75-69-61-53-43-33-25-17-15-16-19-23-21(17)29-37-31(23)41-35-27(19)28-20(16)24-22-18(15)26(25)34-40-30(22)38-32(24)42-36(28)46-45(35)57-51(41)59-49(37)55(47(53)39(29)33)63(69)65(59)71-67(57)68-58(46)52(42)60-50(38)56-48(40)54(44(34)43)62(61)70(75)64(56)66(60)72(68)76(71,75)73(80)13-4-2-12(3-5-13)10-78-79-74(81)14-6-8-77-9-7-14/h2-10,73H,11H2,1H3,(H,79,81)/b78-10+. The summed E-state index contributed by atoms with van der Waals surface area (Å²) in [4.78, 5) is 20.1. The van der Waals surface area contributed by atoms with E-state index >= 15 is 0 Å². The van der Waals surface area contributed by atoms with Crippen LogP contribution in [0, 0.1) is 0 Å². The molecule has 81 heavy (non-hydrogen) atoms. The predicted molar refractivity (Wildman–Crippen MR) is 335 cm³/mol. The van der Waals surface area contributed by atoms with E-state index in [1.54, 1.807) is 338 Å². The molecule has 346 valence electrons. The van der Waals surface area contributed by atoms with Crippen LogP contribution in [0.3, 0.4) is 0 Å². The first-order chi connectivity index (χ1) is 40.2. The first-order valence-electron chi connectivity index (χ1n) is 29.5. The number of nitrogens with one attached hydrogen (secondary N) is 1. The summed E-state index contributed by atoms with van der Waals surface area (Å²) in [5, 5.41) is 92.9. The Morgan fingerprint density at radius 3 is 0.938 bits per heavy atom. The summed E-state index contributed by atoms with van der Waals surface area (Å²) in [5.74, 6) is -0.238. The van der Waals surface area contributed by atoms with Gasteiger partial charge in [-0.1, -0.05) is 24.3 Å². The Kier molecular flexibility index (Phi) is 3.08. The van der Waals surface area contributed by atoms with E-state index in [0.717, 1.165) is 12.1 Å². The molecule has 4 aliphatic carbocycles. The van der Waals surface area contributed by atoms with Crippen molar-refractivity contribution in [3.05, 3.63) is 87.7 Å². The number of likely N-dealkylation sites (N-methyl/N-ethyl adjacent to an activating group) is 1. The highest BCUT2D eigenvalue weighted by atomic mass is 16.2. The van der Waals surface area contributed by atoms with Gasteiger partial charge >= 0.3 is 0 Å². The summed E-state index contributed by atoms with van der Waals surface area (Å²) in [7, 11) is 2.53. The topological polar surface area (TPSA) is 57.6 Å². The van der Waals surface area contributed by atoms with E-state index < -0.39 is 5.41 Å². The molecule has 1 saturated heterocycles. The highest BCUT2D eigenvalue weighted by Crippen LogP contribution is 2.87. The maximum absolute atomic E-state index is 13.1. The quantitative estimate of drug-likeness (QED) is 0.109. The molecule has 0 bridgehead atoms. The van der Waals surface area contributed by atoms with Crippen molar-refractivity contribution in [2.45, 2.75) is 16.9 Å². The predicted octanol–water partition coefficient (Wildman–Crippen LogP) is 18.1. The number of rotatable bonds is 4. The Morgan fingerprint density at radius 1 is 0.395 bits per heavy atom. The zero-order valence-electron chi connectivity index (χ0n) is 41.7. The van der Waals surface area contributed by atoms with E-state index in [2.05, 4.69) is 51.7 Å². The fourth-order valence-electron chi connectivity index (χ4n) is 27.1. The highest BCUT2D eigenvalue weighted by Gasteiger charge is 2.75. The molecule has 5 heteroatoms. The van der Waals surface area contributed by atoms with Gasteiger partial charge < -0.3 is 0 Å². The molecule has 1 aromatic heterocycles. The van der Waals surface area contributed by atoms with Crippen LogP contribution < -0.4 is 5.43 Å². The normalized spacial score (nSPS) is 22.3. The Hall–Kier alpha value is -10.1. The van der Waals surface area contributed by atoms with Gasteiger partial charge in [-0.25, -0.2) is 5.43 Å². The van der Waals surface area contributed by atoms with Gasteiger partial charge in [-0.15, -0.1) is 0 Å².